The predicted octanol–water partition coefficient (Wildman–Crippen LogP) is 2.92. The molecule has 0 aliphatic carbocycles. The Morgan fingerprint density at radius 2 is 2.08 bits per heavy atom. The van der Waals surface area contributed by atoms with Crippen molar-refractivity contribution >= 4 is 17.2 Å². The number of aromatic nitrogens is 2. The second-order valence-corrected chi connectivity index (χ2v) is 7.46. The lowest BCUT2D eigenvalue weighted by Crippen LogP contribution is -2.36. The Hall–Kier alpha value is -2.08. The highest BCUT2D eigenvalue weighted by molar-refractivity contribution is 5.77. The van der Waals surface area contributed by atoms with E-state index in [1.54, 1.807) is 0 Å². The number of fused-ring (bicyclic) bond motifs is 1. The average Bonchev–Trinajstić information content (AvgIpc) is 3.35. The quantitative estimate of drug-likeness (QED) is 0.896. The maximum Gasteiger partial charge on any atom is 0.224 e. The summed E-state index contributed by atoms with van der Waals surface area (Å²) in [4.78, 5) is 22.2. The number of nitrogens with one attached hydrogen (secondary N) is 1. The van der Waals surface area contributed by atoms with Crippen LogP contribution in [0.5, 0.6) is 0 Å². The third-order valence-corrected chi connectivity index (χ3v) is 5.78. The van der Waals surface area contributed by atoms with E-state index >= 15 is 0 Å². The molecule has 6 heteroatoms. The molecule has 6 nitrogen and oxygen atoms in total. The van der Waals surface area contributed by atoms with E-state index in [-0.39, 0.29) is 11.9 Å². The molecule has 4 rings (SSSR count). The Kier molecular flexibility index (Phi) is 5.11. The molecule has 0 saturated carbocycles. The minimum Gasteiger partial charge on any atom is -0.371 e. The Labute approximate surface area is 155 Å². The molecular formula is C20H29N5O. The topological polar surface area (TPSA) is 52.9 Å². The number of hydrogen-bond donors (Lipinski definition) is 1. The van der Waals surface area contributed by atoms with E-state index < -0.39 is 0 Å². The van der Waals surface area contributed by atoms with Gasteiger partial charge in [-0.15, -0.1) is 0 Å². The molecule has 0 aromatic carbocycles. The smallest absolute Gasteiger partial charge is 0.224 e. The Morgan fingerprint density at radius 1 is 1.23 bits per heavy atom. The fraction of sp³-hybridized carbons (Fsp3) is 0.600. The van der Waals surface area contributed by atoms with Gasteiger partial charge in [0.1, 0.15) is 5.82 Å². The summed E-state index contributed by atoms with van der Waals surface area (Å²) in [6.45, 7) is 4.04. The first-order valence-corrected chi connectivity index (χ1v) is 9.93. The summed E-state index contributed by atoms with van der Waals surface area (Å²) in [7, 11) is 1.90. The summed E-state index contributed by atoms with van der Waals surface area (Å²) in [5.41, 5.74) is 2.05. The molecule has 0 bridgehead atoms. The van der Waals surface area contributed by atoms with Crippen molar-refractivity contribution in [1.29, 1.82) is 0 Å². The number of piperidine rings is 1. The van der Waals surface area contributed by atoms with Crippen molar-refractivity contribution in [2.45, 2.75) is 44.6 Å². The number of likely N-dealkylation sites (tertiary alicyclic amines) is 2. The van der Waals surface area contributed by atoms with Crippen molar-refractivity contribution in [3.8, 4) is 0 Å². The maximum atomic E-state index is 12.9. The van der Waals surface area contributed by atoms with Gasteiger partial charge in [0, 0.05) is 39.0 Å². The zero-order valence-corrected chi connectivity index (χ0v) is 15.7. The molecule has 2 aromatic heterocycles. The second-order valence-electron chi connectivity index (χ2n) is 7.46. The Bertz CT molecular complexity index is 765. The molecule has 0 radical (unpaired) electrons. The molecule has 4 heterocycles. The van der Waals surface area contributed by atoms with Crippen LogP contribution in [0.3, 0.4) is 0 Å². The summed E-state index contributed by atoms with van der Waals surface area (Å²) in [6, 6.07) is 4.18. The largest absolute Gasteiger partial charge is 0.371 e. The van der Waals surface area contributed by atoms with Gasteiger partial charge in [0.05, 0.1) is 17.3 Å². The molecule has 140 valence electrons. The third-order valence-electron chi connectivity index (χ3n) is 5.78. The van der Waals surface area contributed by atoms with Crippen LogP contribution in [0, 0.1) is 0 Å². The van der Waals surface area contributed by atoms with Crippen molar-refractivity contribution in [3.63, 3.8) is 0 Å². The van der Waals surface area contributed by atoms with E-state index in [1.165, 1.54) is 19.3 Å². The molecule has 2 aromatic rings. The van der Waals surface area contributed by atoms with Gasteiger partial charge in [-0.25, -0.2) is 4.98 Å². The molecule has 2 fully saturated rings. The summed E-state index contributed by atoms with van der Waals surface area (Å²) >= 11 is 0. The van der Waals surface area contributed by atoms with E-state index in [4.69, 9.17) is 4.98 Å². The van der Waals surface area contributed by atoms with Crippen LogP contribution in [0.15, 0.2) is 24.5 Å². The van der Waals surface area contributed by atoms with Crippen LogP contribution < -0.4 is 5.32 Å². The number of rotatable bonds is 5. The van der Waals surface area contributed by atoms with Crippen LogP contribution >= 0.6 is 0 Å². The number of carbonyl (C=O) groups excluding carboxylic acids is 1. The highest BCUT2D eigenvalue weighted by Gasteiger charge is 2.31. The molecule has 1 N–H and O–H groups in total. The SMILES string of the molecule is CNc1nc([C@@H]2CCCN2C(=O)CCN2CCCCC2)cn2cccc12. The number of carbonyl (C=O) groups is 1. The Morgan fingerprint density at radius 3 is 2.88 bits per heavy atom. The van der Waals surface area contributed by atoms with Gasteiger partial charge in [0.2, 0.25) is 5.91 Å². The minimum atomic E-state index is 0.0998. The van der Waals surface area contributed by atoms with E-state index in [0.717, 1.165) is 56.0 Å². The summed E-state index contributed by atoms with van der Waals surface area (Å²) in [6.07, 6.45) is 10.7. The van der Waals surface area contributed by atoms with Crippen LogP contribution in [-0.4, -0.2) is 58.3 Å². The van der Waals surface area contributed by atoms with Gasteiger partial charge in [0.15, 0.2) is 0 Å². The minimum absolute atomic E-state index is 0.0998. The fourth-order valence-corrected chi connectivity index (χ4v) is 4.36. The summed E-state index contributed by atoms with van der Waals surface area (Å²) in [5, 5.41) is 3.19. The van der Waals surface area contributed by atoms with E-state index in [2.05, 4.69) is 31.8 Å². The standard InChI is InChI=1S/C20H29N5O/c1-21-20-18-8-5-12-24(18)15-16(22-20)17-7-6-13-25(17)19(26)9-14-23-10-3-2-4-11-23/h5,8,12,15,17H,2-4,6-7,9-11,13-14H2,1H3,(H,21,22)/t17-/m0/s1. The van der Waals surface area contributed by atoms with E-state index in [1.807, 2.05) is 19.3 Å². The molecule has 1 atom stereocenters. The molecule has 2 saturated heterocycles. The number of hydrogen-bond acceptors (Lipinski definition) is 4. The van der Waals surface area contributed by atoms with E-state index in [9.17, 15) is 4.79 Å². The van der Waals surface area contributed by atoms with E-state index in [0.29, 0.717) is 6.42 Å². The van der Waals surface area contributed by atoms with Crippen molar-refractivity contribution in [3.05, 3.63) is 30.2 Å². The number of nitrogens with zero attached hydrogens (tertiary/aromatic N) is 4. The zero-order chi connectivity index (χ0) is 17.9. The zero-order valence-electron chi connectivity index (χ0n) is 15.7. The molecule has 1 amide bonds. The van der Waals surface area contributed by atoms with Crippen LogP contribution in [-0.2, 0) is 4.79 Å². The van der Waals surface area contributed by atoms with Crippen LogP contribution in [0.25, 0.3) is 5.52 Å². The van der Waals surface area contributed by atoms with Gasteiger partial charge in [-0.05, 0) is 50.9 Å². The normalized spacial score (nSPS) is 21.4. The second kappa shape index (κ2) is 7.66. The van der Waals surface area contributed by atoms with Gasteiger partial charge in [0.25, 0.3) is 0 Å². The summed E-state index contributed by atoms with van der Waals surface area (Å²) < 4.78 is 2.10. The fourth-order valence-electron chi connectivity index (χ4n) is 4.36. The van der Waals surface area contributed by atoms with Crippen molar-refractivity contribution in [2.24, 2.45) is 0 Å². The monoisotopic (exact) mass is 355 g/mol. The third kappa shape index (κ3) is 3.43. The molecule has 0 unspecified atom stereocenters. The lowest BCUT2D eigenvalue weighted by molar-refractivity contribution is -0.132. The maximum absolute atomic E-state index is 12.9. The van der Waals surface area contributed by atoms with Crippen molar-refractivity contribution < 1.29 is 4.79 Å². The lowest BCUT2D eigenvalue weighted by atomic mass is 10.1. The first kappa shape index (κ1) is 17.3. The molecule has 0 spiro atoms. The van der Waals surface area contributed by atoms with Gasteiger partial charge in [-0.1, -0.05) is 6.42 Å². The summed E-state index contributed by atoms with van der Waals surface area (Å²) in [5.74, 6) is 1.15. The average molecular weight is 355 g/mol. The predicted molar refractivity (Wildman–Crippen MR) is 103 cm³/mol. The molecule has 2 aliphatic heterocycles. The number of anilines is 1. The van der Waals surface area contributed by atoms with Crippen LogP contribution in [0.1, 0.15) is 50.3 Å². The lowest BCUT2D eigenvalue weighted by Gasteiger charge is -2.29. The molecular weight excluding hydrogens is 326 g/mol. The van der Waals surface area contributed by atoms with Crippen molar-refractivity contribution in [1.82, 2.24) is 19.2 Å². The first-order chi connectivity index (χ1) is 12.8. The molecule has 2 aliphatic rings. The van der Waals surface area contributed by atoms with Crippen molar-refractivity contribution in [2.75, 3.05) is 38.5 Å². The highest BCUT2D eigenvalue weighted by atomic mass is 16.2. The highest BCUT2D eigenvalue weighted by Crippen LogP contribution is 2.32. The van der Waals surface area contributed by atoms with Gasteiger partial charge in [-0.3, -0.25) is 4.79 Å². The van der Waals surface area contributed by atoms with Crippen LogP contribution in [0.2, 0.25) is 0 Å². The first-order valence-electron chi connectivity index (χ1n) is 9.93. The van der Waals surface area contributed by atoms with Gasteiger partial charge < -0.3 is 19.5 Å². The van der Waals surface area contributed by atoms with Gasteiger partial charge >= 0.3 is 0 Å². The molecule has 26 heavy (non-hydrogen) atoms. The van der Waals surface area contributed by atoms with Crippen LogP contribution in [0.4, 0.5) is 5.82 Å². The number of amides is 1. The Balaban J connectivity index is 1.48. The van der Waals surface area contributed by atoms with Gasteiger partial charge in [-0.2, -0.15) is 0 Å².